The minimum Gasteiger partial charge on any atom is -0.341 e. The molecule has 0 bridgehead atoms. The number of carbonyl (C=O) groups is 2. The van der Waals surface area contributed by atoms with Gasteiger partial charge in [-0.25, -0.2) is 9.18 Å². The van der Waals surface area contributed by atoms with Crippen molar-refractivity contribution in [3.05, 3.63) is 71.4 Å². The van der Waals surface area contributed by atoms with Crippen LogP contribution in [0.2, 0.25) is 0 Å². The topological polar surface area (TPSA) is 70.2 Å². The maximum absolute atomic E-state index is 13.0. The number of hydrogen-bond donors (Lipinski definition) is 3. The lowest BCUT2D eigenvalue weighted by Crippen LogP contribution is -2.24. The summed E-state index contributed by atoms with van der Waals surface area (Å²) in [5.74, 6) is -0.547. The molecule has 0 radical (unpaired) electrons. The van der Waals surface area contributed by atoms with E-state index in [2.05, 4.69) is 16.0 Å². The maximum Gasteiger partial charge on any atom is 0.318 e. The average Bonchev–Trinajstić information content (AvgIpc) is 3.13. The number of benzene rings is 2. The highest BCUT2D eigenvalue weighted by atomic mass is 32.1. The van der Waals surface area contributed by atoms with Gasteiger partial charge in [-0.2, -0.15) is 0 Å². The zero-order valence-corrected chi connectivity index (χ0v) is 14.7. The standard InChI is InChI=1S/C19H16FN3O2S/c1-21-19(25)23-15-4-2-3-14(11-15)22-18(24)17-10-9-16(26-17)12-5-7-13(20)8-6-12/h2-11H,1H3,(H,22,24)(H2,21,23,25). The Balaban J connectivity index is 1.71. The summed E-state index contributed by atoms with van der Waals surface area (Å²) in [5, 5.41) is 7.91. The van der Waals surface area contributed by atoms with E-state index in [1.54, 1.807) is 42.5 Å². The molecular weight excluding hydrogens is 353 g/mol. The maximum atomic E-state index is 13.0. The molecule has 0 atom stereocenters. The minimum atomic E-state index is -0.337. The van der Waals surface area contributed by atoms with Crippen molar-refractivity contribution >= 4 is 34.6 Å². The molecule has 132 valence electrons. The fourth-order valence-corrected chi connectivity index (χ4v) is 3.20. The van der Waals surface area contributed by atoms with Gasteiger partial charge >= 0.3 is 6.03 Å². The predicted octanol–water partition coefficient (Wildman–Crippen LogP) is 4.56. The summed E-state index contributed by atoms with van der Waals surface area (Å²) in [5.41, 5.74) is 1.99. The van der Waals surface area contributed by atoms with E-state index in [0.717, 1.165) is 10.4 Å². The molecule has 2 aromatic carbocycles. The Hall–Kier alpha value is -3.19. The van der Waals surface area contributed by atoms with Crippen LogP contribution < -0.4 is 16.0 Å². The number of anilines is 2. The molecule has 0 aliphatic carbocycles. The van der Waals surface area contributed by atoms with Crippen molar-refractivity contribution in [2.24, 2.45) is 0 Å². The number of hydrogen-bond acceptors (Lipinski definition) is 3. The lowest BCUT2D eigenvalue weighted by Gasteiger charge is -2.08. The molecule has 1 aromatic heterocycles. The van der Waals surface area contributed by atoms with E-state index < -0.39 is 0 Å². The van der Waals surface area contributed by atoms with Crippen LogP contribution in [0.1, 0.15) is 9.67 Å². The van der Waals surface area contributed by atoms with Crippen molar-refractivity contribution in [2.45, 2.75) is 0 Å². The zero-order chi connectivity index (χ0) is 18.5. The summed E-state index contributed by atoms with van der Waals surface area (Å²) in [6, 6.07) is 16.2. The highest BCUT2D eigenvalue weighted by Gasteiger charge is 2.11. The molecule has 3 rings (SSSR count). The fraction of sp³-hybridized carbons (Fsp3) is 0.0526. The van der Waals surface area contributed by atoms with Crippen LogP contribution in [0.15, 0.2) is 60.7 Å². The number of halogens is 1. The van der Waals surface area contributed by atoms with Gasteiger partial charge in [0.2, 0.25) is 0 Å². The Morgan fingerprint density at radius 1 is 0.923 bits per heavy atom. The molecule has 0 aliphatic rings. The van der Waals surface area contributed by atoms with Crippen LogP contribution in [0.25, 0.3) is 10.4 Å². The van der Waals surface area contributed by atoms with E-state index in [-0.39, 0.29) is 17.8 Å². The average molecular weight is 369 g/mol. The molecule has 0 fully saturated rings. The molecule has 0 aliphatic heterocycles. The van der Waals surface area contributed by atoms with E-state index in [9.17, 15) is 14.0 Å². The van der Waals surface area contributed by atoms with Gasteiger partial charge in [0.15, 0.2) is 0 Å². The molecule has 7 heteroatoms. The van der Waals surface area contributed by atoms with Crippen LogP contribution >= 0.6 is 11.3 Å². The number of rotatable bonds is 4. The molecular formula is C19H16FN3O2S. The van der Waals surface area contributed by atoms with Crippen molar-refractivity contribution in [3.63, 3.8) is 0 Å². The largest absolute Gasteiger partial charge is 0.341 e. The van der Waals surface area contributed by atoms with Crippen molar-refractivity contribution in [2.75, 3.05) is 17.7 Å². The summed E-state index contributed by atoms with van der Waals surface area (Å²) in [4.78, 5) is 25.2. The monoisotopic (exact) mass is 369 g/mol. The van der Waals surface area contributed by atoms with Gasteiger partial charge in [0, 0.05) is 23.3 Å². The molecule has 5 nitrogen and oxygen atoms in total. The molecule has 3 N–H and O–H groups in total. The smallest absolute Gasteiger partial charge is 0.318 e. The van der Waals surface area contributed by atoms with Crippen LogP contribution in [0.5, 0.6) is 0 Å². The van der Waals surface area contributed by atoms with Gasteiger partial charge in [-0.05, 0) is 48.0 Å². The SMILES string of the molecule is CNC(=O)Nc1cccc(NC(=O)c2ccc(-c3ccc(F)cc3)s2)c1. The Bertz CT molecular complexity index is 938. The Kier molecular flexibility index (Phi) is 5.28. The molecule has 1 heterocycles. The van der Waals surface area contributed by atoms with Crippen LogP contribution in [0, 0.1) is 5.82 Å². The molecule has 0 unspecified atom stereocenters. The molecule has 0 spiro atoms. The van der Waals surface area contributed by atoms with Crippen LogP contribution in [0.4, 0.5) is 20.6 Å². The van der Waals surface area contributed by atoms with E-state index in [1.807, 2.05) is 6.07 Å². The van der Waals surface area contributed by atoms with Gasteiger partial charge in [-0.15, -0.1) is 11.3 Å². The second kappa shape index (κ2) is 7.79. The minimum absolute atomic E-state index is 0.250. The van der Waals surface area contributed by atoms with Crippen LogP contribution in [-0.2, 0) is 0 Å². The second-order valence-electron chi connectivity index (χ2n) is 5.41. The van der Waals surface area contributed by atoms with Gasteiger partial charge in [-0.3, -0.25) is 4.79 Å². The highest BCUT2D eigenvalue weighted by molar-refractivity contribution is 7.17. The molecule has 3 aromatic rings. The van der Waals surface area contributed by atoms with Gasteiger partial charge in [0.1, 0.15) is 5.82 Å². The molecule has 0 saturated carbocycles. The zero-order valence-electron chi connectivity index (χ0n) is 13.9. The second-order valence-corrected chi connectivity index (χ2v) is 6.49. The summed E-state index contributed by atoms with van der Waals surface area (Å²) >= 11 is 1.32. The first-order chi connectivity index (χ1) is 12.5. The van der Waals surface area contributed by atoms with E-state index in [4.69, 9.17) is 0 Å². The van der Waals surface area contributed by atoms with Crippen molar-refractivity contribution in [1.29, 1.82) is 0 Å². The van der Waals surface area contributed by atoms with Crippen LogP contribution in [-0.4, -0.2) is 19.0 Å². The van der Waals surface area contributed by atoms with Crippen LogP contribution in [0.3, 0.4) is 0 Å². The molecule has 26 heavy (non-hydrogen) atoms. The van der Waals surface area contributed by atoms with E-state index in [1.165, 1.54) is 30.5 Å². The quantitative estimate of drug-likeness (QED) is 0.631. The predicted molar refractivity (Wildman–Crippen MR) is 102 cm³/mol. The van der Waals surface area contributed by atoms with Crippen molar-refractivity contribution < 1.29 is 14.0 Å². The van der Waals surface area contributed by atoms with Gasteiger partial charge in [0.05, 0.1) is 4.88 Å². The van der Waals surface area contributed by atoms with Crippen molar-refractivity contribution in [3.8, 4) is 10.4 Å². The first-order valence-corrected chi connectivity index (χ1v) is 8.63. The lowest BCUT2D eigenvalue weighted by atomic mass is 10.2. The van der Waals surface area contributed by atoms with Crippen molar-refractivity contribution in [1.82, 2.24) is 5.32 Å². The van der Waals surface area contributed by atoms with E-state index in [0.29, 0.717) is 16.3 Å². The fourth-order valence-electron chi connectivity index (χ4n) is 2.29. The number of thiophene rings is 1. The first-order valence-electron chi connectivity index (χ1n) is 7.81. The number of amides is 3. The highest BCUT2D eigenvalue weighted by Crippen LogP contribution is 2.29. The third-order valence-corrected chi connectivity index (χ3v) is 4.70. The Morgan fingerprint density at radius 2 is 1.62 bits per heavy atom. The summed E-state index contributed by atoms with van der Waals surface area (Å²) in [7, 11) is 1.52. The third kappa shape index (κ3) is 4.25. The summed E-state index contributed by atoms with van der Waals surface area (Å²) < 4.78 is 13.0. The number of nitrogens with one attached hydrogen (secondary N) is 3. The normalized spacial score (nSPS) is 10.2. The summed E-state index contributed by atoms with van der Waals surface area (Å²) in [6.45, 7) is 0. The Morgan fingerprint density at radius 3 is 2.31 bits per heavy atom. The first kappa shape index (κ1) is 17.6. The van der Waals surface area contributed by atoms with Gasteiger partial charge < -0.3 is 16.0 Å². The van der Waals surface area contributed by atoms with E-state index >= 15 is 0 Å². The third-order valence-electron chi connectivity index (χ3n) is 3.56. The van der Waals surface area contributed by atoms with Gasteiger partial charge in [-0.1, -0.05) is 18.2 Å². The number of urea groups is 1. The lowest BCUT2D eigenvalue weighted by molar-refractivity contribution is 0.103. The number of carbonyl (C=O) groups excluding carboxylic acids is 2. The summed E-state index contributed by atoms with van der Waals surface area (Å²) in [6.07, 6.45) is 0. The molecule has 3 amide bonds. The van der Waals surface area contributed by atoms with Gasteiger partial charge in [0.25, 0.3) is 5.91 Å². The molecule has 0 saturated heterocycles. The Labute approximate surface area is 153 Å².